The number of amides is 2. The van der Waals surface area contributed by atoms with Crippen molar-refractivity contribution >= 4 is 33.9 Å². The van der Waals surface area contributed by atoms with Crippen LogP contribution in [0, 0.1) is 0 Å². The Morgan fingerprint density at radius 1 is 1.21 bits per heavy atom. The van der Waals surface area contributed by atoms with Gasteiger partial charge in [0.05, 0.1) is 11.2 Å². The second kappa shape index (κ2) is 8.74. The molecule has 150 valence electrons. The van der Waals surface area contributed by atoms with Crippen LogP contribution in [0.4, 0.5) is 0 Å². The highest BCUT2D eigenvalue weighted by Gasteiger charge is 2.37. The van der Waals surface area contributed by atoms with Crippen LogP contribution in [-0.4, -0.2) is 28.9 Å². The third kappa shape index (κ3) is 5.01. The van der Waals surface area contributed by atoms with Crippen molar-refractivity contribution in [3.8, 4) is 0 Å². The zero-order chi connectivity index (χ0) is 20.1. The number of carbonyl (C=O) groups is 2. The van der Waals surface area contributed by atoms with Crippen molar-refractivity contribution in [3.05, 3.63) is 64.6 Å². The Balaban J connectivity index is 1.37. The molecule has 1 fully saturated rings. The van der Waals surface area contributed by atoms with Crippen LogP contribution in [0.3, 0.4) is 0 Å². The first kappa shape index (κ1) is 19.6. The Kier molecular flexibility index (Phi) is 5.90. The highest BCUT2D eigenvalue weighted by Crippen LogP contribution is 2.30. The van der Waals surface area contributed by atoms with E-state index in [1.165, 1.54) is 16.3 Å². The normalized spacial score (nSPS) is 18.7. The van der Waals surface area contributed by atoms with Crippen LogP contribution in [0.15, 0.2) is 53.4 Å². The lowest BCUT2D eigenvalue weighted by Crippen LogP contribution is -2.44. The number of rotatable bonds is 8. The van der Waals surface area contributed by atoms with Crippen LogP contribution in [0.5, 0.6) is 0 Å². The maximum absolute atomic E-state index is 12.3. The Hall–Kier alpha value is -2.73. The van der Waals surface area contributed by atoms with E-state index in [9.17, 15) is 9.59 Å². The first-order valence-electron chi connectivity index (χ1n) is 10.0. The Labute approximate surface area is 174 Å². The molecular weight excluding hydrogens is 382 g/mol. The van der Waals surface area contributed by atoms with E-state index in [4.69, 9.17) is 0 Å². The minimum absolute atomic E-state index is 0.0271. The maximum Gasteiger partial charge on any atom is 0.220 e. The molecule has 0 aliphatic carbocycles. The molecule has 0 radical (unpaired) electrons. The van der Waals surface area contributed by atoms with Gasteiger partial charge < -0.3 is 10.6 Å². The smallest absolute Gasteiger partial charge is 0.220 e. The number of nitrogens with zero attached hydrogens (tertiary/aromatic N) is 1. The summed E-state index contributed by atoms with van der Waals surface area (Å²) in [6.07, 6.45) is 3.84. The first-order chi connectivity index (χ1) is 14.1. The third-order valence-electron chi connectivity index (χ3n) is 5.61. The maximum atomic E-state index is 12.3. The zero-order valence-electron chi connectivity index (χ0n) is 16.3. The van der Waals surface area contributed by atoms with Gasteiger partial charge in [-0.15, -0.1) is 11.3 Å². The fourth-order valence-corrected chi connectivity index (χ4v) is 4.65. The molecule has 0 saturated carbocycles. The summed E-state index contributed by atoms with van der Waals surface area (Å²) in [5.41, 5.74) is 3.66. The SMILES string of the molecule is O=C(CC[C@]1(Cc2ccc3ccccc3c2)CCC(=O)N1)NCCc1cscn1. The van der Waals surface area contributed by atoms with Crippen molar-refractivity contribution in [1.29, 1.82) is 0 Å². The summed E-state index contributed by atoms with van der Waals surface area (Å²) >= 11 is 1.56. The lowest BCUT2D eigenvalue weighted by molar-refractivity contribution is -0.122. The predicted octanol–water partition coefficient (Wildman–Crippen LogP) is 3.63. The average molecular weight is 408 g/mol. The van der Waals surface area contributed by atoms with Crippen LogP contribution in [0.2, 0.25) is 0 Å². The number of fused-ring (bicyclic) bond motifs is 1. The lowest BCUT2D eigenvalue weighted by atomic mass is 9.84. The molecule has 3 aromatic rings. The quantitative estimate of drug-likeness (QED) is 0.599. The largest absolute Gasteiger partial charge is 0.356 e. The Morgan fingerprint density at radius 3 is 2.83 bits per heavy atom. The summed E-state index contributed by atoms with van der Waals surface area (Å²) in [7, 11) is 0. The predicted molar refractivity (Wildman–Crippen MR) is 116 cm³/mol. The molecule has 1 saturated heterocycles. The van der Waals surface area contributed by atoms with Crippen molar-refractivity contribution < 1.29 is 9.59 Å². The second-order valence-corrected chi connectivity index (χ2v) is 8.49. The topological polar surface area (TPSA) is 71.1 Å². The molecule has 0 bridgehead atoms. The van der Waals surface area contributed by atoms with E-state index < -0.39 is 0 Å². The zero-order valence-corrected chi connectivity index (χ0v) is 17.1. The van der Waals surface area contributed by atoms with Crippen LogP contribution < -0.4 is 10.6 Å². The third-order valence-corrected chi connectivity index (χ3v) is 6.24. The molecular formula is C23H25N3O2S. The first-order valence-corrected chi connectivity index (χ1v) is 11.0. The van der Waals surface area contributed by atoms with Gasteiger partial charge in [-0.25, -0.2) is 4.98 Å². The van der Waals surface area contributed by atoms with Gasteiger partial charge in [0, 0.05) is 36.7 Å². The fraction of sp³-hybridized carbons (Fsp3) is 0.348. The summed E-state index contributed by atoms with van der Waals surface area (Å²) < 4.78 is 0. The molecule has 0 spiro atoms. The van der Waals surface area contributed by atoms with E-state index in [1.54, 1.807) is 16.8 Å². The highest BCUT2D eigenvalue weighted by molar-refractivity contribution is 7.07. The summed E-state index contributed by atoms with van der Waals surface area (Å²) in [4.78, 5) is 28.6. The van der Waals surface area contributed by atoms with E-state index in [0.29, 0.717) is 25.8 Å². The fourth-order valence-electron chi connectivity index (χ4n) is 4.05. The molecule has 1 atom stereocenters. The van der Waals surface area contributed by atoms with E-state index >= 15 is 0 Å². The van der Waals surface area contributed by atoms with Crippen molar-refractivity contribution in [1.82, 2.24) is 15.6 Å². The molecule has 2 aromatic carbocycles. The molecule has 1 aromatic heterocycles. The van der Waals surface area contributed by atoms with Gasteiger partial charge in [-0.3, -0.25) is 9.59 Å². The molecule has 2 amide bonds. The summed E-state index contributed by atoms with van der Waals surface area (Å²) in [5.74, 6) is 0.106. The van der Waals surface area contributed by atoms with E-state index in [1.807, 2.05) is 17.5 Å². The average Bonchev–Trinajstić information content (AvgIpc) is 3.37. The van der Waals surface area contributed by atoms with Crippen molar-refractivity contribution in [2.45, 2.75) is 44.1 Å². The number of aromatic nitrogens is 1. The standard InChI is InChI=1S/C23H25N3O2S/c27-21(24-12-9-20-15-29-16-25-20)7-10-23(11-8-22(28)26-23)14-17-5-6-18-3-1-2-4-19(18)13-17/h1-6,13,15-16H,7-12,14H2,(H,24,27)(H,26,28)/t23-/m1/s1. The number of benzene rings is 2. The van der Waals surface area contributed by atoms with Gasteiger partial charge in [-0.1, -0.05) is 42.5 Å². The minimum atomic E-state index is -0.341. The van der Waals surface area contributed by atoms with E-state index in [2.05, 4.69) is 45.9 Å². The molecule has 1 aliphatic heterocycles. The summed E-state index contributed by atoms with van der Waals surface area (Å²) in [6, 6.07) is 14.7. The second-order valence-electron chi connectivity index (χ2n) is 7.77. The van der Waals surface area contributed by atoms with Crippen LogP contribution >= 0.6 is 11.3 Å². The molecule has 29 heavy (non-hydrogen) atoms. The monoisotopic (exact) mass is 407 g/mol. The van der Waals surface area contributed by atoms with Gasteiger partial charge in [0.2, 0.25) is 11.8 Å². The Morgan fingerprint density at radius 2 is 2.07 bits per heavy atom. The van der Waals surface area contributed by atoms with Gasteiger partial charge >= 0.3 is 0 Å². The Bertz CT molecular complexity index is 1000. The summed E-state index contributed by atoms with van der Waals surface area (Å²) in [5, 5.41) is 10.6. The molecule has 4 rings (SSSR count). The van der Waals surface area contributed by atoms with Gasteiger partial charge in [0.1, 0.15) is 0 Å². The summed E-state index contributed by atoms with van der Waals surface area (Å²) in [6.45, 7) is 0.590. The van der Waals surface area contributed by atoms with Crippen molar-refractivity contribution in [3.63, 3.8) is 0 Å². The van der Waals surface area contributed by atoms with Crippen LogP contribution in [0.25, 0.3) is 10.8 Å². The van der Waals surface area contributed by atoms with Crippen molar-refractivity contribution in [2.75, 3.05) is 6.54 Å². The molecule has 5 nitrogen and oxygen atoms in total. The number of carbonyl (C=O) groups excluding carboxylic acids is 2. The number of thiazole rings is 1. The number of hydrogen-bond donors (Lipinski definition) is 2. The molecule has 1 aliphatic rings. The van der Waals surface area contributed by atoms with Gasteiger partial charge in [-0.2, -0.15) is 0 Å². The minimum Gasteiger partial charge on any atom is -0.356 e. The molecule has 6 heteroatoms. The van der Waals surface area contributed by atoms with E-state index in [-0.39, 0.29) is 17.4 Å². The van der Waals surface area contributed by atoms with Gasteiger partial charge in [-0.05, 0) is 35.6 Å². The number of hydrogen-bond acceptors (Lipinski definition) is 4. The molecule has 2 N–H and O–H groups in total. The van der Waals surface area contributed by atoms with Gasteiger partial charge in [0.15, 0.2) is 0 Å². The molecule has 2 heterocycles. The number of nitrogens with one attached hydrogen (secondary N) is 2. The molecule has 0 unspecified atom stereocenters. The highest BCUT2D eigenvalue weighted by atomic mass is 32.1. The van der Waals surface area contributed by atoms with Crippen LogP contribution in [-0.2, 0) is 22.4 Å². The lowest BCUT2D eigenvalue weighted by Gasteiger charge is -2.29. The van der Waals surface area contributed by atoms with Crippen LogP contribution in [0.1, 0.15) is 36.9 Å². The van der Waals surface area contributed by atoms with Gasteiger partial charge in [0.25, 0.3) is 0 Å². The van der Waals surface area contributed by atoms with E-state index in [0.717, 1.165) is 25.0 Å². The van der Waals surface area contributed by atoms with Crippen molar-refractivity contribution in [2.24, 2.45) is 0 Å².